The van der Waals surface area contributed by atoms with Gasteiger partial charge in [0.15, 0.2) is 0 Å². The summed E-state index contributed by atoms with van der Waals surface area (Å²) in [4.78, 5) is 0. The van der Waals surface area contributed by atoms with Crippen LogP contribution in [0.25, 0.3) is 0 Å². The molecular formula is C13H21NO2. The first kappa shape index (κ1) is 11.7. The third-order valence-electron chi connectivity index (χ3n) is 3.04. The van der Waals surface area contributed by atoms with Crippen LogP contribution in [0.4, 0.5) is 0 Å². The van der Waals surface area contributed by atoms with Gasteiger partial charge in [0.25, 0.3) is 0 Å². The maximum Gasteiger partial charge on any atom is 0.123 e. The topological polar surface area (TPSA) is 34.4 Å². The number of hydrogen-bond acceptors (Lipinski definition) is 3. The molecule has 1 aromatic rings. The number of furan rings is 1. The van der Waals surface area contributed by atoms with E-state index >= 15 is 0 Å². The highest BCUT2D eigenvalue weighted by Crippen LogP contribution is 2.24. The average molecular weight is 223 g/mol. The van der Waals surface area contributed by atoms with Gasteiger partial charge in [-0.25, -0.2) is 0 Å². The fraction of sp³-hybridized carbons (Fsp3) is 0.692. The third kappa shape index (κ3) is 3.09. The van der Waals surface area contributed by atoms with E-state index in [1.165, 1.54) is 24.8 Å². The molecule has 0 spiro atoms. The minimum Gasteiger partial charge on any atom is -0.468 e. The largest absolute Gasteiger partial charge is 0.468 e. The zero-order valence-corrected chi connectivity index (χ0v) is 10.2. The van der Waals surface area contributed by atoms with Crippen molar-refractivity contribution in [2.75, 3.05) is 0 Å². The van der Waals surface area contributed by atoms with Gasteiger partial charge in [-0.3, -0.25) is 0 Å². The van der Waals surface area contributed by atoms with E-state index in [0.29, 0.717) is 18.8 Å². The van der Waals surface area contributed by atoms with E-state index in [9.17, 15) is 0 Å². The van der Waals surface area contributed by atoms with Crippen LogP contribution in [0.5, 0.6) is 0 Å². The Bertz CT molecular complexity index is 315. The predicted octanol–water partition coefficient (Wildman–Crippen LogP) is 2.85. The maximum atomic E-state index is 5.78. The molecule has 0 saturated heterocycles. The van der Waals surface area contributed by atoms with Crippen LogP contribution in [0.1, 0.15) is 44.4 Å². The van der Waals surface area contributed by atoms with Crippen molar-refractivity contribution in [2.24, 2.45) is 0 Å². The van der Waals surface area contributed by atoms with Crippen molar-refractivity contribution in [3.63, 3.8) is 0 Å². The van der Waals surface area contributed by atoms with Gasteiger partial charge in [-0.05, 0) is 25.3 Å². The molecule has 0 amide bonds. The summed E-state index contributed by atoms with van der Waals surface area (Å²) in [6, 6.07) is 2.49. The lowest BCUT2D eigenvalue weighted by Gasteiger charge is -2.25. The van der Waals surface area contributed by atoms with Gasteiger partial charge in [0.2, 0.25) is 0 Å². The van der Waals surface area contributed by atoms with Crippen LogP contribution in [0.3, 0.4) is 0 Å². The highest BCUT2D eigenvalue weighted by atomic mass is 16.5. The monoisotopic (exact) mass is 223 g/mol. The molecular weight excluding hydrogens is 202 g/mol. The van der Waals surface area contributed by atoms with Gasteiger partial charge in [-0.2, -0.15) is 0 Å². The van der Waals surface area contributed by atoms with E-state index in [0.717, 1.165) is 12.3 Å². The Morgan fingerprint density at radius 2 is 2.31 bits per heavy atom. The number of nitrogens with one attached hydrogen (secondary N) is 1. The smallest absolute Gasteiger partial charge is 0.123 e. The molecule has 0 aliphatic heterocycles. The maximum absolute atomic E-state index is 5.78. The van der Waals surface area contributed by atoms with E-state index in [1.54, 1.807) is 6.26 Å². The second-order valence-corrected chi connectivity index (χ2v) is 4.77. The first-order valence-corrected chi connectivity index (χ1v) is 6.16. The third-order valence-corrected chi connectivity index (χ3v) is 3.04. The lowest BCUT2D eigenvalue weighted by Crippen LogP contribution is -2.23. The Morgan fingerprint density at radius 3 is 2.94 bits per heavy atom. The Morgan fingerprint density at radius 1 is 1.50 bits per heavy atom. The molecule has 3 nitrogen and oxygen atoms in total. The van der Waals surface area contributed by atoms with Crippen molar-refractivity contribution in [1.29, 1.82) is 0 Å². The molecule has 0 aromatic carbocycles. The fourth-order valence-corrected chi connectivity index (χ4v) is 1.69. The molecule has 0 unspecified atom stereocenters. The van der Waals surface area contributed by atoms with Crippen LogP contribution in [-0.2, 0) is 17.9 Å². The Hall–Kier alpha value is -0.800. The second-order valence-electron chi connectivity index (χ2n) is 4.77. The summed E-state index contributed by atoms with van der Waals surface area (Å²) in [5.41, 5.74) is 1.18. The Kier molecular flexibility index (Phi) is 4.02. The molecule has 0 radical (unpaired) electrons. The van der Waals surface area contributed by atoms with Crippen LogP contribution >= 0.6 is 0 Å². The van der Waals surface area contributed by atoms with Crippen LogP contribution in [0.15, 0.2) is 16.7 Å². The lowest BCUT2D eigenvalue weighted by molar-refractivity contribution is -0.00924. The van der Waals surface area contributed by atoms with E-state index in [4.69, 9.17) is 9.15 Å². The quantitative estimate of drug-likeness (QED) is 0.805. The minimum absolute atomic E-state index is 0.477. The number of rotatable bonds is 6. The fourth-order valence-electron chi connectivity index (χ4n) is 1.69. The molecule has 90 valence electrons. The van der Waals surface area contributed by atoms with Crippen molar-refractivity contribution in [3.05, 3.63) is 23.7 Å². The summed E-state index contributed by atoms with van der Waals surface area (Å²) >= 11 is 0. The van der Waals surface area contributed by atoms with Gasteiger partial charge < -0.3 is 14.5 Å². The molecule has 2 rings (SSSR count). The normalized spacial score (nSPS) is 16.7. The van der Waals surface area contributed by atoms with Crippen LogP contribution in [0, 0.1) is 0 Å². The standard InChI is InChI=1S/C13H21NO2/c1-10(2)14-8-13-11(6-7-15-13)9-16-12-4-3-5-12/h6-7,10,12,14H,3-5,8-9H2,1-2H3. The summed E-state index contributed by atoms with van der Waals surface area (Å²) in [6.07, 6.45) is 5.99. The van der Waals surface area contributed by atoms with E-state index in [1.807, 2.05) is 6.07 Å². The van der Waals surface area contributed by atoms with E-state index in [-0.39, 0.29) is 0 Å². The number of hydrogen-bond donors (Lipinski definition) is 1. The van der Waals surface area contributed by atoms with Gasteiger partial charge in [0, 0.05) is 11.6 Å². The first-order chi connectivity index (χ1) is 7.75. The highest BCUT2D eigenvalue weighted by molar-refractivity contribution is 5.16. The van der Waals surface area contributed by atoms with Gasteiger partial charge in [-0.15, -0.1) is 0 Å². The van der Waals surface area contributed by atoms with Crippen LogP contribution < -0.4 is 5.32 Å². The van der Waals surface area contributed by atoms with Gasteiger partial charge in [0.1, 0.15) is 5.76 Å². The van der Waals surface area contributed by atoms with Crippen LogP contribution in [0.2, 0.25) is 0 Å². The SMILES string of the molecule is CC(C)NCc1occc1COC1CCC1. The molecule has 16 heavy (non-hydrogen) atoms. The molecule has 1 aliphatic rings. The van der Waals surface area contributed by atoms with Gasteiger partial charge in [-0.1, -0.05) is 13.8 Å². The Labute approximate surface area is 97.2 Å². The van der Waals surface area contributed by atoms with Gasteiger partial charge >= 0.3 is 0 Å². The van der Waals surface area contributed by atoms with Crippen molar-refractivity contribution >= 4 is 0 Å². The summed E-state index contributed by atoms with van der Waals surface area (Å²) in [6.45, 7) is 5.74. The van der Waals surface area contributed by atoms with Crippen LogP contribution in [-0.4, -0.2) is 12.1 Å². The summed E-state index contributed by atoms with van der Waals surface area (Å²) < 4.78 is 11.2. The highest BCUT2D eigenvalue weighted by Gasteiger charge is 2.18. The summed E-state index contributed by atoms with van der Waals surface area (Å²) in [5.74, 6) is 1.01. The van der Waals surface area contributed by atoms with E-state index in [2.05, 4.69) is 19.2 Å². The second kappa shape index (κ2) is 5.51. The number of ether oxygens (including phenoxy) is 1. The van der Waals surface area contributed by atoms with Gasteiger partial charge in [0.05, 0.1) is 25.5 Å². The molecule has 1 N–H and O–H groups in total. The first-order valence-electron chi connectivity index (χ1n) is 6.16. The van der Waals surface area contributed by atoms with Crippen molar-refractivity contribution in [2.45, 2.75) is 58.4 Å². The van der Waals surface area contributed by atoms with Crippen molar-refractivity contribution in [1.82, 2.24) is 5.32 Å². The Balaban J connectivity index is 1.80. The average Bonchev–Trinajstić information content (AvgIpc) is 2.60. The predicted molar refractivity (Wildman–Crippen MR) is 63.1 cm³/mol. The molecule has 1 aromatic heterocycles. The minimum atomic E-state index is 0.477. The summed E-state index contributed by atoms with van der Waals surface area (Å²) in [7, 11) is 0. The molecule has 1 aliphatic carbocycles. The molecule has 0 bridgehead atoms. The molecule has 3 heteroatoms. The molecule has 1 saturated carbocycles. The molecule has 1 fully saturated rings. The summed E-state index contributed by atoms with van der Waals surface area (Å²) in [5, 5.41) is 3.35. The van der Waals surface area contributed by atoms with Crippen molar-refractivity contribution in [3.8, 4) is 0 Å². The zero-order valence-electron chi connectivity index (χ0n) is 10.2. The molecule has 1 heterocycles. The zero-order chi connectivity index (χ0) is 11.4. The van der Waals surface area contributed by atoms with Crippen molar-refractivity contribution < 1.29 is 9.15 Å². The molecule has 0 atom stereocenters. The van der Waals surface area contributed by atoms with E-state index < -0.39 is 0 Å². The lowest BCUT2D eigenvalue weighted by atomic mass is 9.96.